The fourth-order valence-corrected chi connectivity index (χ4v) is 2.47. The summed E-state index contributed by atoms with van der Waals surface area (Å²) in [7, 11) is 0. The van der Waals surface area contributed by atoms with Crippen molar-refractivity contribution in [1.82, 2.24) is 4.90 Å². The number of ether oxygens (including phenoxy) is 1. The van der Waals surface area contributed by atoms with Gasteiger partial charge in [0.25, 0.3) is 5.91 Å². The van der Waals surface area contributed by atoms with E-state index >= 15 is 0 Å². The first-order valence-corrected chi connectivity index (χ1v) is 7.36. The Balaban J connectivity index is 2.35. The van der Waals surface area contributed by atoms with Crippen molar-refractivity contribution in [3.8, 4) is 5.75 Å². The summed E-state index contributed by atoms with van der Waals surface area (Å²) in [6.45, 7) is 6.56. The van der Waals surface area contributed by atoms with Crippen molar-refractivity contribution in [2.75, 3.05) is 24.5 Å². The van der Waals surface area contributed by atoms with Crippen LogP contribution in [-0.2, 0) is 9.59 Å². The number of fused-ring (bicyclic) bond motifs is 1. The molecule has 0 N–H and O–H groups in total. The van der Waals surface area contributed by atoms with Gasteiger partial charge >= 0.3 is 0 Å². The van der Waals surface area contributed by atoms with E-state index in [1.165, 1.54) is 4.90 Å². The number of carbonyl (C=O) groups is 3. The van der Waals surface area contributed by atoms with E-state index in [0.717, 1.165) is 0 Å². The molecule has 2 rings (SSSR count). The maximum atomic E-state index is 12.4. The average molecular weight is 304 g/mol. The van der Waals surface area contributed by atoms with Crippen molar-refractivity contribution in [2.24, 2.45) is 0 Å². The summed E-state index contributed by atoms with van der Waals surface area (Å²) >= 11 is 0. The molecule has 0 fully saturated rings. The number of carbonyl (C=O) groups excluding carboxylic acids is 3. The number of likely N-dealkylation sites (N-methyl/N-ethyl adjacent to an activating group) is 1. The fourth-order valence-electron chi connectivity index (χ4n) is 2.47. The molecule has 0 saturated carbocycles. The van der Waals surface area contributed by atoms with Gasteiger partial charge in [-0.15, -0.1) is 0 Å². The molecule has 0 saturated heterocycles. The zero-order valence-electron chi connectivity index (χ0n) is 13.0. The van der Waals surface area contributed by atoms with E-state index in [4.69, 9.17) is 4.74 Å². The summed E-state index contributed by atoms with van der Waals surface area (Å²) in [5, 5.41) is 0. The summed E-state index contributed by atoms with van der Waals surface area (Å²) in [6, 6.07) is 4.84. The summed E-state index contributed by atoms with van der Waals surface area (Å²) in [5.41, 5.74) is 0.901. The van der Waals surface area contributed by atoms with Crippen LogP contribution in [0.5, 0.6) is 5.75 Å². The first kappa shape index (κ1) is 16.0. The lowest BCUT2D eigenvalue weighted by molar-refractivity contribution is -0.132. The van der Waals surface area contributed by atoms with E-state index in [1.807, 2.05) is 13.8 Å². The Morgan fingerprint density at radius 3 is 2.64 bits per heavy atom. The molecule has 1 aliphatic rings. The van der Waals surface area contributed by atoms with E-state index in [-0.39, 0.29) is 18.4 Å². The fraction of sp³-hybridized carbons (Fsp3) is 0.438. The molecule has 1 unspecified atom stereocenters. The van der Waals surface area contributed by atoms with E-state index < -0.39 is 6.10 Å². The molecule has 2 amide bonds. The highest BCUT2D eigenvalue weighted by molar-refractivity contribution is 6.04. The number of hydrogen-bond donors (Lipinski definition) is 0. The number of hydrogen-bond acceptors (Lipinski definition) is 4. The highest BCUT2D eigenvalue weighted by Crippen LogP contribution is 2.34. The molecular weight excluding hydrogens is 284 g/mol. The number of benzene rings is 1. The third kappa shape index (κ3) is 2.95. The molecule has 0 aromatic heterocycles. The number of rotatable bonds is 5. The van der Waals surface area contributed by atoms with Crippen LogP contribution in [0, 0.1) is 0 Å². The third-order valence-electron chi connectivity index (χ3n) is 3.74. The van der Waals surface area contributed by atoms with Crippen LogP contribution < -0.4 is 9.64 Å². The Bertz CT molecular complexity index is 596. The van der Waals surface area contributed by atoms with E-state index in [1.54, 1.807) is 30.0 Å². The van der Waals surface area contributed by atoms with Gasteiger partial charge in [-0.2, -0.15) is 0 Å². The normalized spacial score (nSPS) is 16.8. The molecule has 0 aliphatic carbocycles. The molecular formula is C16H20N2O4. The van der Waals surface area contributed by atoms with Gasteiger partial charge in [-0.1, -0.05) is 0 Å². The Morgan fingerprint density at radius 2 is 2.05 bits per heavy atom. The Labute approximate surface area is 129 Å². The second-order valence-corrected chi connectivity index (χ2v) is 5.10. The van der Waals surface area contributed by atoms with Gasteiger partial charge in [-0.25, -0.2) is 0 Å². The van der Waals surface area contributed by atoms with Crippen LogP contribution in [0.4, 0.5) is 5.69 Å². The van der Waals surface area contributed by atoms with Crippen LogP contribution >= 0.6 is 0 Å². The predicted molar refractivity (Wildman–Crippen MR) is 82.2 cm³/mol. The number of anilines is 1. The first-order valence-electron chi connectivity index (χ1n) is 7.36. The van der Waals surface area contributed by atoms with Crippen LogP contribution in [0.3, 0.4) is 0 Å². The molecule has 0 radical (unpaired) electrons. The molecule has 22 heavy (non-hydrogen) atoms. The molecule has 1 aliphatic heterocycles. The van der Waals surface area contributed by atoms with Crippen molar-refractivity contribution >= 4 is 23.8 Å². The van der Waals surface area contributed by atoms with Gasteiger partial charge in [0.05, 0.1) is 5.69 Å². The molecule has 1 heterocycles. The smallest absolute Gasteiger partial charge is 0.268 e. The van der Waals surface area contributed by atoms with Crippen molar-refractivity contribution < 1.29 is 19.1 Å². The summed E-state index contributed by atoms with van der Waals surface area (Å²) in [5.74, 6) is 0.0935. The molecule has 0 spiro atoms. The SMILES string of the molecule is CCN(CC)C(=O)CN1C(=O)C(C)Oc2ccc(C=O)cc21. The van der Waals surface area contributed by atoms with Gasteiger partial charge in [0, 0.05) is 18.7 Å². The zero-order chi connectivity index (χ0) is 16.3. The second kappa shape index (κ2) is 6.60. The topological polar surface area (TPSA) is 66.9 Å². The zero-order valence-corrected chi connectivity index (χ0v) is 13.0. The first-order chi connectivity index (χ1) is 10.5. The van der Waals surface area contributed by atoms with Crippen molar-refractivity contribution in [3.05, 3.63) is 23.8 Å². The van der Waals surface area contributed by atoms with E-state index in [0.29, 0.717) is 36.4 Å². The highest BCUT2D eigenvalue weighted by atomic mass is 16.5. The van der Waals surface area contributed by atoms with Crippen LogP contribution in [0.15, 0.2) is 18.2 Å². The summed E-state index contributed by atoms with van der Waals surface area (Å²) < 4.78 is 5.54. The predicted octanol–water partition coefficient (Wildman–Crippen LogP) is 1.48. The maximum Gasteiger partial charge on any atom is 0.268 e. The Morgan fingerprint density at radius 1 is 1.36 bits per heavy atom. The molecule has 1 atom stereocenters. The number of amides is 2. The Hall–Kier alpha value is -2.37. The lowest BCUT2D eigenvalue weighted by atomic mass is 10.1. The summed E-state index contributed by atoms with van der Waals surface area (Å²) in [6.07, 6.45) is 0.0479. The maximum absolute atomic E-state index is 12.4. The Kier molecular flexibility index (Phi) is 4.80. The van der Waals surface area contributed by atoms with Crippen LogP contribution in [0.1, 0.15) is 31.1 Å². The lowest BCUT2D eigenvalue weighted by Crippen LogP contribution is -2.49. The third-order valence-corrected chi connectivity index (χ3v) is 3.74. The van der Waals surface area contributed by atoms with Gasteiger partial charge in [-0.3, -0.25) is 19.3 Å². The average Bonchev–Trinajstić information content (AvgIpc) is 2.52. The molecule has 6 heteroatoms. The van der Waals surface area contributed by atoms with Crippen LogP contribution in [-0.4, -0.2) is 48.7 Å². The van der Waals surface area contributed by atoms with E-state index in [2.05, 4.69) is 0 Å². The number of aldehydes is 1. The van der Waals surface area contributed by atoms with Gasteiger partial charge in [0.2, 0.25) is 5.91 Å². The minimum atomic E-state index is -0.654. The van der Waals surface area contributed by atoms with Crippen LogP contribution in [0.2, 0.25) is 0 Å². The lowest BCUT2D eigenvalue weighted by Gasteiger charge is -2.34. The standard InChI is InChI=1S/C16H20N2O4/c1-4-17(5-2)15(20)9-18-13-8-12(10-19)6-7-14(13)22-11(3)16(18)21/h6-8,10-11H,4-5,9H2,1-3H3. The van der Waals surface area contributed by atoms with Crippen molar-refractivity contribution in [3.63, 3.8) is 0 Å². The molecule has 0 bridgehead atoms. The van der Waals surface area contributed by atoms with Gasteiger partial charge in [-0.05, 0) is 39.0 Å². The minimum Gasteiger partial charge on any atom is -0.479 e. The quantitative estimate of drug-likeness (QED) is 0.773. The monoisotopic (exact) mass is 304 g/mol. The molecule has 1 aromatic rings. The summed E-state index contributed by atoms with van der Waals surface area (Å²) in [4.78, 5) is 38.7. The number of nitrogens with zero attached hydrogens (tertiary/aromatic N) is 2. The van der Waals surface area contributed by atoms with Gasteiger partial charge in [0.15, 0.2) is 6.10 Å². The molecule has 1 aromatic carbocycles. The van der Waals surface area contributed by atoms with Crippen molar-refractivity contribution in [2.45, 2.75) is 26.9 Å². The minimum absolute atomic E-state index is 0.0521. The molecule has 6 nitrogen and oxygen atoms in total. The van der Waals surface area contributed by atoms with Gasteiger partial charge in [0.1, 0.15) is 18.6 Å². The van der Waals surface area contributed by atoms with Crippen molar-refractivity contribution in [1.29, 1.82) is 0 Å². The van der Waals surface area contributed by atoms with Crippen LogP contribution in [0.25, 0.3) is 0 Å². The largest absolute Gasteiger partial charge is 0.479 e. The highest BCUT2D eigenvalue weighted by Gasteiger charge is 2.33. The van der Waals surface area contributed by atoms with Gasteiger partial charge < -0.3 is 9.64 Å². The molecule has 118 valence electrons. The van der Waals surface area contributed by atoms with E-state index in [9.17, 15) is 14.4 Å². The second-order valence-electron chi connectivity index (χ2n) is 5.10.